The maximum absolute atomic E-state index is 8.94. The fourth-order valence-electron chi connectivity index (χ4n) is 1.09. The third-order valence-electron chi connectivity index (χ3n) is 2.04. The highest BCUT2D eigenvalue weighted by molar-refractivity contribution is 5.44. The Morgan fingerprint density at radius 2 is 1.85 bits per heavy atom. The Hall–Kier alpha value is -1.13. The monoisotopic (exact) mass is 182 g/mol. The van der Waals surface area contributed by atoms with Gasteiger partial charge in [-0.25, -0.2) is 0 Å². The Labute approximate surface area is 77.5 Å². The summed E-state index contributed by atoms with van der Waals surface area (Å²) in [6.45, 7) is -0.120. The molecule has 0 radical (unpaired) electrons. The molecule has 0 saturated heterocycles. The number of aliphatic hydroxyl groups excluding tert-OH is 2. The second-order valence-electron chi connectivity index (χ2n) is 2.84. The molecule has 0 atom stereocenters. The topological polar surface area (TPSA) is 56.6 Å². The second kappa shape index (κ2) is 4.79. The lowest BCUT2D eigenvalue weighted by Crippen LogP contribution is -2.37. The van der Waals surface area contributed by atoms with Gasteiger partial charge in [-0.3, -0.25) is 4.98 Å². The number of nitrogens with zero attached hydrogens (tertiary/aromatic N) is 2. The van der Waals surface area contributed by atoms with Crippen LogP contribution in [0, 0.1) is 0 Å². The summed E-state index contributed by atoms with van der Waals surface area (Å²) in [5.74, 6) is 0. The van der Waals surface area contributed by atoms with Crippen molar-refractivity contribution < 1.29 is 10.2 Å². The van der Waals surface area contributed by atoms with E-state index >= 15 is 0 Å². The highest BCUT2D eigenvalue weighted by atomic mass is 16.3. The predicted molar refractivity (Wildman–Crippen MR) is 50.6 cm³/mol. The molecule has 0 aliphatic carbocycles. The summed E-state index contributed by atoms with van der Waals surface area (Å²) >= 11 is 0. The van der Waals surface area contributed by atoms with Crippen molar-refractivity contribution in [3.8, 4) is 0 Å². The standard InChI is InChI=1S/C9H14N2O2/c1-11(9(6-12)7-13)8-2-4-10-5-3-8/h2-5,9,12-13H,6-7H2,1H3. The van der Waals surface area contributed by atoms with Gasteiger partial charge >= 0.3 is 0 Å². The molecule has 1 heterocycles. The molecule has 0 aromatic carbocycles. The van der Waals surface area contributed by atoms with Crippen molar-refractivity contribution in [1.29, 1.82) is 0 Å². The number of hydrogen-bond acceptors (Lipinski definition) is 4. The first kappa shape index (κ1) is 9.95. The van der Waals surface area contributed by atoms with Crippen LogP contribution in [0.2, 0.25) is 0 Å². The largest absolute Gasteiger partial charge is 0.394 e. The lowest BCUT2D eigenvalue weighted by Gasteiger charge is -2.26. The van der Waals surface area contributed by atoms with Gasteiger partial charge in [0.2, 0.25) is 0 Å². The third kappa shape index (κ3) is 2.40. The van der Waals surface area contributed by atoms with E-state index in [-0.39, 0.29) is 19.3 Å². The van der Waals surface area contributed by atoms with Crippen LogP contribution >= 0.6 is 0 Å². The summed E-state index contributed by atoms with van der Waals surface area (Å²) in [6.07, 6.45) is 3.36. The zero-order valence-electron chi connectivity index (χ0n) is 7.59. The van der Waals surface area contributed by atoms with Crippen molar-refractivity contribution in [2.45, 2.75) is 6.04 Å². The van der Waals surface area contributed by atoms with Gasteiger partial charge in [0.1, 0.15) is 0 Å². The number of aliphatic hydroxyl groups is 2. The molecule has 2 N–H and O–H groups in total. The van der Waals surface area contributed by atoms with Crippen LogP contribution < -0.4 is 4.90 Å². The quantitative estimate of drug-likeness (QED) is 0.681. The van der Waals surface area contributed by atoms with Crippen molar-refractivity contribution in [2.75, 3.05) is 25.2 Å². The molecule has 0 saturated carbocycles. The smallest absolute Gasteiger partial charge is 0.0748 e. The van der Waals surface area contributed by atoms with Crippen molar-refractivity contribution >= 4 is 5.69 Å². The summed E-state index contributed by atoms with van der Waals surface area (Å²) in [7, 11) is 1.83. The summed E-state index contributed by atoms with van der Waals surface area (Å²) in [4.78, 5) is 5.71. The maximum atomic E-state index is 8.94. The molecule has 13 heavy (non-hydrogen) atoms. The van der Waals surface area contributed by atoms with E-state index < -0.39 is 0 Å². The normalized spacial score (nSPS) is 10.5. The number of likely N-dealkylation sites (N-methyl/N-ethyl adjacent to an activating group) is 1. The van der Waals surface area contributed by atoms with Crippen molar-refractivity contribution in [3.05, 3.63) is 24.5 Å². The lowest BCUT2D eigenvalue weighted by atomic mass is 10.2. The molecular weight excluding hydrogens is 168 g/mol. The molecule has 1 rings (SSSR count). The van der Waals surface area contributed by atoms with E-state index in [2.05, 4.69) is 4.98 Å². The van der Waals surface area contributed by atoms with Crippen LogP contribution in [0.15, 0.2) is 24.5 Å². The fourth-order valence-corrected chi connectivity index (χ4v) is 1.09. The molecule has 4 nitrogen and oxygen atoms in total. The van der Waals surface area contributed by atoms with Crippen LogP contribution in [0.4, 0.5) is 5.69 Å². The molecule has 0 unspecified atom stereocenters. The summed E-state index contributed by atoms with van der Waals surface area (Å²) < 4.78 is 0. The van der Waals surface area contributed by atoms with Gasteiger partial charge in [0, 0.05) is 25.1 Å². The van der Waals surface area contributed by atoms with Crippen LogP contribution in [0.1, 0.15) is 0 Å². The van der Waals surface area contributed by atoms with Crippen LogP contribution in [0.3, 0.4) is 0 Å². The van der Waals surface area contributed by atoms with E-state index in [1.807, 2.05) is 24.1 Å². The highest BCUT2D eigenvalue weighted by Crippen LogP contribution is 2.12. The van der Waals surface area contributed by atoms with Gasteiger partial charge in [0.05, 0.1) is 19.3 Å². The Balaban J connectivity index is 2.72. The summed E-state index contributed by atoms with van der Waals surface area (Å²) in [5.41, 5.74) is 0.933. The highest BCUT2D eigenvalue weighted by Gasteiger charge is 2.12. The van der Waals surface area contributed by atoms with E-state index in [0.29, 0.717) is 0 Å². The average molecular weight is 182 g/mol. The maximum Gasteiger partial charge on any atom is 0.0748 e. The Morgan fingerprint density at radius 1 is 1.31 bits per heavy atom. The van der Waals surface area contributed by atoms with E-state index in [0.717, 1.165) is 5.69 Å². The van der Waals surface area contributed by atoms with E-state index in [1.165, 1.54) is 0 Å². The first-order chi connectivity index (χ1) is 6.29. The second-order valence-corrected chi connectivity index (χ2v) is 2.84. The third-order valence-corrected chi connectivity index (χ3v) is 2.04. The SMILES string of the molecule is CN(c1ccncc1)C(CO)CO. The average Bonchev–Trinajstić information content (AvgIpc) is 2.21. The van der Waals surface area contributed by atoms with Gasteiger partial charge < -0.3 is 15.1 Å². The molecular formula is C9H14N2O2. The first-order valence-electron chi connectivity index (χ1n) is 4.14. The van der Waals surface area contributed by atoms with Gasteiger partial charge in [-0.2, -0.15) is 0 Å². The molecule has 0 aliphatic rings. The molecule has 4 heteroatoms. The minimum absolute atomic E-state index is 0.0602. The van der Waals surface area contributed by atoms with Crippen LogP contribution in [-0.2, 0) is 0 Å². The lowest BCUT2D eigenvalue weighted by molar-refractivity contribution is 0.191. The van der Waals surface area contributed by atoms with Crippen LogP contribution in [0.5, 0.6) is 0 Å². The van der Waals surface area contributed by atoms with Crippen LogP contribution in [0.25, 0.3) is 0 Å². The Bertz CT molecular complexity index is 237. The van der Waals surface area contributed by atoms with Gasteiger partial charge in [-0.05, 0) is 12.1 Å². The van der Waals surface area contributed by atoms with Gasteiger partial charge in [-0.1, -0.05) is 0 Å². The van der Waals surface area contributed by atoms with Crippen molar-refractivity contribution in [1.82, 2.24) is 4.98 Å². The van der Waals surface area contributed by atoms with Gasteiger partial charge in [0.15, 0.2) is 0 Å². The molecule has 1 aromatic heterocycles. The number of hydrogen-bond donors (Lipinski definition) is 2. The molecule has 0 fully saturated rings. The number of rotatable bonds is 4. The molecule has 1 aromatic rings. The molecule has 0 bridgehead atoms. The minimum Gasteiger partial charge on any atom is -0.394 e. The first-order valence-corrected chi connectivity index (χ1v) is 4.14. The van der Waals surface area contributed by atoms with E-state index in [1.54, 1.807) is 12.4 Å². The number of pyridine rings is 1. The van der Waals surface area contributed by atoms with Gasteiger partial charge in [0.25, 0.3) is 0 Å². The molecule has 72 valence electrons. The predicted octanol–water partition coefficient (Wildman–Crippen LogP) is -0.129. The van der Waals surface area contributed by atoms with Crippen molar-refractivity contribution in [2.24, 2.45) is 0 Å². The number of aromatic nitrogens is 1. The van der Waals surface area contributed by atoms with E-state index in [9.17, 15) is 0 Å². The Morgan fingerprint density at radius 3 is 2.31 bits per heavy atom. The molecule has 0 amide bonds. The van der Waals surface area contributed by atoms with Crippen LogP contribution in [-0.4, -0.2) is 41.5 Å². The molecule has 0 spiro atoms. The van der Waals surface area contributed by atoms with Gasteiger partial charge in [-0.15, -0.1) is 0 Å². The van der Waals surface area contributed by atoms with E-state index in [4.69, 9.17) is 10.2 Å². The summed E-state index contributed by atoms with van der Waals surface area (Å²) in [5, 5.41) is 17.9. The zero-order valence-corrected chi connectivity index (χ0v) is 7.59. The van der Waals surface area contributed by atoms with Crippen molar-refractivity contribution in [3.63, 3.8) is 0 Å². The minimum atomic E-state index is -0.248. The zero-order chi connectivity index (χ0) is 9.68. The summed E-state index contributed by atoms with van der Waals surface area (Å²) in [6, 6.07) is 3.42. The molecule has 0 aliphatic heterocycles. The fraction of sp³-hybridized carbons (Fsp3) is 0.444. The Kier molecular flexibility index (Phi) is 3.67. The number of anilines is 1.